The van der Waals surface area contributed by atoms with Crippen LogP contribution in [-0.2, 0) is 0 Å². The summed E-state index contributed by atoms with van der Waals surface area (Å²) in [5.41, 5.74) is 2.64. The summed E-state index contributed by atoms with van der Waals surface area (Å²) in [5, 5.41) is 10.3. The first-order valence-electron chi connectivity index (χ1n) is 6.66. The lowest BCUT2D eigenvalue weighted by Crippen LogP contribution is -2.43. The van der Waals surface area contributed by atoms with Gasteiger partial charge in [-0.3, -0.25) is 0 Å². The summed E-state index contributed by atoms with van der Waals surface area (Å²) in [6.45, 7) is 1.07. The van der Waals surface area contributed by atoms with E-state index in [1.54, 1.807) is 0 Å². The summed E-state index contributed by atoms with van der Waals surface area (Å²) in [4.78, 5) is 1.42. The molecule has 4 heteroatoms. The lowest BCUT2D eigenvalue weighted by molar-refractivity contribution is 0.352. The largest absolute Gasteiger partial charge is 0.380 e. The molecule has 1 fully saturated rings. The summed E-state index contributed by atoms with van der Waals surface area (Å²) < 4.78 is 0. The predicted molar refractivity (Wildman–Crippen MR) is 81.3 cm³/mol. The van der Waals surface area contributed by atoms with Crippen LogP contribution in [0.5, 0.6) is 0 Å². The van der Waals surface area contributed by atoms with Gasteiger partial charge in [0.05, 0.1) is 12.1 Å². The molecule has 2 aromatic rings. The number of hydrogen-bond acceptors (Lipinski definition) is 3. The molecule has 0 radical (unpaired) electrons. The number of rotatable bonds is 1. The fraction of sp³-hybridized carbons (Fsp3) is 0.333. The van der Waals surface area contributed by atoms with Crippen LogP contribution >= 0.6 is 22.9 Å². The molecule has 3 atom stereocenters. The van der Waals surface area contributed by atoms with Crippen LogP contribution in [0.25, 0.3) is 0 Å². The molecule has 3 heterocycles. The van der Waals surface area contributed by atoms with E-state index >= 15 is 0 Å². The number of halogens is 1. The van der Waals surface area contributed by atoms with Crippen LogP contribution in [0, 0.1) is 0 Å². The second-order valence-electron chi connectivity index (χ2n) is 5.24. The van der Waals surface area contributed by atoms with Crippen molar-refractivity contribution in [2.45, 2.75) is 24.4 Å². The highest BCUT2D eigenvalue weighted by molar-refractivity contribution is 7.10. The van der Waals surface area contributed by atoms with Crippen molar-refractivity contribution in [3.63, 3.8) is 0 Å². The van der Waals surface area contributed by atoms with Gasteiger partial charge in [-0.15, -0.1) is 11.3 Å². The van der Waals surface area contributed by atoms with Crippen LogP contribution in [-0.4, -0.2) is 12.6 Å². The molecule has 98 valence electrons. The lowest BCUT2D eigenvalue weighted by atomic mass is 9.84. The second-order valence-corrected chi connectivity index (χ2v) is 6.66. The van der Waals surface area contributed by atoms with Crippen molar-refractivity contribution >= 4 is 28.6 Å². The van der Waals surface area contributed by atoms with Gasteiger partial charge < -0.3 is 10.6 Å². The Labute approximate surface area is 121 Å². The van der Waals surface area contributed by atoms with E-state index in [-0.39, 0.29) is 0 Å². The van der Waals surface area contributed by atoms with E-state index in [0.717, 1.165) is 11.6 Å². The average molecular weight is 291 g/mol. The molecule has 4 rings (SSSR count). The average Bonchev–Trinajstić information content (AvgIpc) is 3.05. The van der Waals surface area contributed by atoms with E-state index in [1.165, 1.54) is 22.5 Å². The molecule has 0 amide bonds. The quantitative estimate of drug-likeness (QED) is 0.829. The van der Waals surface area contributed by atoms with Gasteiger partial charge in [0, 0.05) is 21.5 Å². The minimum atomic E-state index is 0.407. The number of anilines is 1. The van der Waals surface area contributed by atoms with Crippen LogP contribution in [0.1, 0.15) is 28.8 Å². The van der Waals surface area contributed by atoms with E-state index < -0.39 is 0 Å². The third-order valence-electron chi connectivity index (χ3n) is 4.20. The van der Waals surface area contributed by atoms with Gasteiger partial charge in [-0.2, -0.15) is 0 Å². The van der Waals surface area contributed by atoms with Crippen LogP contribution < -0.4 is 10.6 Å². The highest BCUT2D eigenvalue weighted by atomic mass is 35.5. The van der Waals surface area contributed by atoms with Gasteiger partial charge in [0.2, 0.25) is 0 Å². The van der Waals surface area contributed by atoms with Crippen molar-refractivity contribution in [2.24, 2.45) is 0 Å². The summed E-state index contributed by atoms with van der Waals surface area (Å²) in [6.07, 6.45) is 1.17. The van der Waals surface area contributed by atoms with Crippen LogP contribution in [0.2, 0.25) is 5.02 Å². The van der Waals surface area contributed by atoms with Crippen LogP contribution in [0.4, 0.5) is 5.69 Å². The maximum Gasteiger partial charge on any atom is 0.0625 e. The Bertz CT molecular complexity index is 596. The van der Waals surface area contributed by atoms with Crippen molar-refractivity contribution in [3.05, 3.63) is 51.2 Å². The molecule has 1 aromatic heterocycles. The zero-order valence-electron chi connectivity index (χ0n) is 10.4. The molecule has 3 unspecified atom stereocenters. The fourth-order valence-corrected chi connectivity index (χ4v) is 4.39. The summed E-state index contributed by atoms with van der Waals surface area (Å²) in [5.74, 6) is 0.571. The van der Waals surface area contributed by atoms with Gasteiger partial charge >= 0.3 is 0 Å². The second kappa shape index (κ2) is 4.51. The lowest BCUT2D eigenvalue weighted by Gasteiger charge is -2.34. The van der Waals surface area contributed by atoms with Gasteiger partial charge in [-0.1, -0.05) is 17.7 Å². The monoisotopic (exact) mass is 290 g/mol. The Morgan fingerprint density at radius 1 is 1.26 bits per heavy atom. The Morgan fingerprint density at radius 2 is 2.21 bits per heavy atom. The topological polar surface area (TPSA) is 24.1 Å². The first-order valence-corrected chi connectivity index (χ1v) is 7.91. The molecule has 1 aromatic carbocycles. The Morgan fingerprint density at radius 3 is 3.05 bits per heavy atom. The Kier molecular flexibility index (Phi) is 2.79. The number of thiophene rings is 1. The first-order chi connectivity index (χ1) is 9.33. The van der Waals surface area contributed by atoms with Crippen molar-refractivity contribution in [3.8, 4) is 0 Å². The van der Waals surface area contributed by atoms with E-state index in [9.17, 15) is 0 Å². The number of piperidine rings is 1. The zero-order chi connectivity index (χ0) is 12.8. The zero-order valence-corrected chi connectivity index (χ0v) is 12.0. The van der Waals surface area contributed by atoms with Gasteiger partial charge in [-0.25, -0.2) is 0 Å². The van der Waals surface area contributed by atoms with Crippen LogP contribution in [0.15, 0.2) is 35.7 Å². The summed E-state index contributed by atoms with van der Waals surface area (Å²) >= 11 is 7.98. The van der Waals surface area contributed by atoms with Gasteiger partial charge in [0.15, 0.2) is 0 Å². The van der Waals surface area contributed by atoms with E-state index in [0.29, 0.717) is 18.0 Å². The maximum absolute atomic E-state index is 6.15. The predicted octanol–water partition coefficient (Wildman–Crippen LogP) is 4.01. The highest BCUT2D eigenvalue weighted by Crippen LogP contribution is 2.46. The van der Waals surface area contributed by atoms with E-state index in [1.807, 2.05) is 17.4 Å². The number of hydrogen-bond donors (Lipinski definition) is 2. The first kappa shape index (κ1) is 11.8. The third-order valence-corrected chi connectivity index (χ3v) is 5.39. The third kappa shape index (κ3) is 1.88. The molecular weight excluding hydrogens is 276 g/mol. The Balaban J connectivity index is 1.72. The normalized spacial score (nSPS) is 28.6. The SMILES string of the molecule is Clc1ccc2c(c1)C1CCNC(c3cccs3)C1N2. The number of benzene rings is 1. The van der Waals surface area contributed by atoms with Crippen molar-refractivity contribution < 1.29 is 0 Å². The Hall–Kier alpha value is -1.03. The maximum atomic E-state index is 6.15. The molecule has 2 aliphatic heterocycles. The van der Waals surface area contributed by atoms with Crippen molar-refractivity contribution in [1.29, 1.82) is 0 Å². The molecule has 2 N–H and O–H groups in total. The molecule has 1 saturated heterocycles. The molecule has 0 spiro atoms. The van der Waals surface area contributed by atoms with Gasteiger partial charge in [0.1, 0.15) is 0 Å². The molecule has 0 saturated carbocycles. The smallest absolute Gasteiger partial charge is 0.0625 e. The van der Waals surface area contributed by atoms with Crippen LogP contribution in [0.3, 0.4) is 0 Å². The van der Waals surface area contributed by atoms with E-state index in [4.69, 9.17) is 11.6 Å². The molecule has 0 aliphatic carbocycles. The van der Waals surface area contributed by atoms with E-state index in [2.05, 4.69) is 40.3 Å². The van der Waals surface area contributed by atoms with Crippen molar-refractivity contribution in [1.82, 2.24) is 5.32 Å². The molecule has 2 nitrogen and oxygen atoms in total. The summed E-state index contributed by atoms with van der Waals surface area (Å²) in [6, 6.07) is 11.4. The fourth-order valence-electron chi connectivity index (χ4n) is 3.36. The molecule has 0 bridgehead atoms. The minimum absolute atomic E-state index is 0.407. The summed E-state index contributed by atoms with van der Waals surface area (Å²) in [7, 11) is 0. The minimum Gasteiger partial charge on any atom is -0.380 e. The van der Waals surface area contributed by atoms with Gasteiger partial charge in [-0.05, 0) is 48.2 Å². The molecule has 2 aliphatic rings. The molecular formula is C15H15ClN2S. The van der Waals surface area contributed by atoms with Gasteiger partial charge in [0.25, 0.3) is 0 Å². The number of fused-ring (bicyclic) bond motifs is 3. The number of nitrogens with one attached hydrogen (secondary N) is 2. The van der Waals surface area contributed by atoms with Crippen molar-refractivity contribution in [2.75, 3.05) is 11.9 Å². The standard InChI is InChI=1S/C15H15ClN2S/c16-9-3-4-12-11(8-9)10-5-6-17-15(14(10)18-12)13-2-1-7-19-13/h1-4,7-8,10,14-15,17-18H,5-6H2. The molecule has 19 heavy (non-hydrogen) atoms. The highest BCUT2D eigenvalue weighted by Gasteiger charge is 2.40.